The number of para-hydroxylation sites is 1. The Morgan fingerprint density at radius 1 is 1.17 bits per heavy atom. The van der Waals surface area contributed by atoms with Crippen molar-refractivity contribution in [2.24, 2.45) is 0 Å². The minimum atomic E-state index is -3.89. The summed E-state index contributed by atoms with van der Waals surface area (Å²) in [7, 11) is -2.38. The summed E-state index contributed by atoms with van der Waals surface area (Å²) in [6.45, 7) is 3.17. The predicted octanol–water partition coefficient (Wildman–Crippen LogP) is 2.64. The number of non-ortho nitro benzene ring substituents is 1. The summed E-state index contributed by atoms with van der Waals surface area (Å²) in [5.74, 6) is 0.0342. The predicted molar refractivity (Wildman–Crippen MR) is 109 cm³/mol. The fourth-order valence-corrected chi connectivity index (χ4v) is 4.16. The van der Waals surface area contributed by atoms with Crippen molar-refractivity contribution in [3.05, 3.63) is 64.2 Å². The molecule has 0 aromatic heterocycles. The average Bonchev–Trinajstić information content (AvgIpc) is 2.66. The van der Waals surface area contributed by atoms with Gasteiger partial charge in [-0.25, -0.2) is 8.42 Å². The van der Waals surface area contributed by atoms with Crippen molar-refractivity contribution in [2.75, 3.05) is 17.7 Å². The SMILES string of the molecule is COc1ccccc1[C@@H](C)NC(=O)[C@H](C)N(c1cccc([N+](=O)[O-])c1)S(C)(=O)=O. The molecule has 0 spiro atoms. The van der Waals surface area contributed by atoms with E-state index in [1.165, 1.54) is 32.2 Å². The van der Waals surface area contributed by atoms with E-state index >= 15 is 0 Å². The highest BCUT2D eigenvalue weighted by atomic mass is 32.2. The maximum atomic E-state index is 12.8. The first-order valence-corrected chi connectivity index (χ1v) is 10.6. The smallest absolute Gasteiger partial charge is 0.271 e. The summed E-state index contributed by atoms with van der Waals surface area (Å²) in [5.41, 5.74) is 0.497. The number of benzene rings is 2. The van der Waals surface area contributed by atoms with Gasteiger partial charge in [-0.1, -0.05) is 24.3 Å². The number of ether oxygens (including phenoxy) is 1. The Kier molecular flexibility index (Phi) is 6.80. The molecule has 0 aliphatic rings. The molecule has 0 saturated heterocycles. The van der Waals surface area contributed by atoms with Crippen molar-refractivity contribution in [1.82, 2.24) is 5.32 Å². The Bertz CT molecular complexity index is 1010. The number of nitrogens with zero attached hydrogens (tertiary/aromatic N) is 2. The molecule has 0 aliphatic heterocycles. The van der Waals surface area contributed by atoms with Gasteiger partial charge in [0, 0.05) is 17.7 Å². The van der Waals surface area contributed by atoms with Crippen molar-refractivity contribution >= 4 is 27.3 Å². The highest BCUT2D eigenvalue weighted by Gasteiger charge is 2.31. The van der Waals surface area contributed by atoms with Crippen LogP contribution in [0.3, 0.4) is 0 Å². The number of nitro groups is 1. The second-order valence-electron chi connectivity index (χ2n) is 6.48. The van der Waals surface area contributed by atoms with E-state index in [2.05, 4.69) is 5.32 Å². The van der Waals surface area contributed by atoms with Crippen LogP contribution < -0.4 is 14.4 Å². The van der Waals surface area contributed by atoms with Gasteiger partial charge in [-0.15, -0.1) is 0 Å². The Balaban J connectivity index is 2.32. The van der Waals surface area contributed by atoms with E-state index in [4.69, 9.17) is 4.74 Å². The highest BCUT2D eigenvalue weighted by molar-refractivity contribution is 7.92. The molecule has 0 heterocycles. The fraction of sp³-hybridized carbons (Fsp3) is 0.316. The zero-order chi connectivity index (χ0) is 21.8. The van der Waals surface area contributed by atoms with E-state index in [1.807, 2.05) is 0 Å². The topological polar surface area (TPSA) is 119 Å². The second-order valence-corrected chi connectivity index (χ2v) is 8.34. The van der Waals surface area contributed by atoms with E-state index in [0.717, 1.165) is 22.2 Å². The number of amides is 1. The Morgan fingerprint density at radius 2 is 1.83 bits per heavy atom. The van der Waals surface area contributed by atoms with Crippen molar-refractivity contribution in [1.29, 1.82) is 0 Å². The first-order valence-electron chi connectivity index (χ1n) is 8.73. The molecule has 0 saturated carbocycles. The lowest BCUT2D eigenvalue weighted by atomic mass is 10.1. The van der Waals surface area contributed by atoms with Crippen molar-refractivity contribution < 1.29 is 22.9 Å². The van der Waals surface area contributed by atoms with Gasteiger partial charge in [-0.2, -0.15) is 0 Å². The molecule has 0 aliphatic carbocycles. The molecule has 29 heavy (non-hydrogen) atoms. The van der Waals surface area contributed by atoms with Crippen molar-refractivity contribution in [3.8, 4) is 5.75 Å². The van der Waals surface area contributed by atoms with Gasteiger partial charge in [-0.05, 0) is 26.0 Å². The molecule has 0 bridgehead atoms. The first-order chi connectivity index (χ1) is 13.6. The molecule has 0 radical (unpaired) electrons. The number of hydrogen-bond acceptors (Lipinski definition) is 6. The summed E-state index contributed by atoms with van der Waals surface area (Å²) in [4.78, 5) is 23.2. The summed E-state index contributed by atoms with van der Waals surface area (Å²) < 4.78 is 30.9. The third-order valence-corrected chi connectivity index (χ3v) is 5.59. The number of nitrogens with one attached hydrogen (secondary N) is 1. The molecule has 10 heteroatoms. The van der Waals surface area contributed by atoms with E-state index in [9.17, 15) is 23.3 Å². The van der Waals surface area contributed by atoms with Crippen LogP contribution >= 0.6 is 0 Å². The Morgan fingerprint density at radius 3 is 2.41 bits per heavy atom. The van der Waals surface area contributed by atoms with Gasteiger partial charge in [0.2, 0.25) is 15.9 Å². The monoisotopic (exact) mass is 421 g/mol. The standard InChI is InChI=1S/C19H23N3O6S/c1-13(17-10-5-6-11-18(17)28-3)20-19(23)14(2)21(29(4,26)27)15-8-7-9-16(12-15)22(24)25/h5-14H,1-4H3,(H,20,23)/t13-,14+/m1/s1. The number of carbonyl (C=O) groups excluding carboxylic acids is 1. The van der Waals surface area contributed by atoms with E-state index < -0.39 is 32.9 Å². The minimum absolute atomic E-state index is 0.0364. The number of carbonyl (C=O) groups is 1. The average molecular weight is 421 g/mol. The largest absolute Gasteiger partial charge is 0.496 e. The number of hydrogen-bond donors (Lipinski definition) is 1. The van der Waals surface area contributed by atoms with Crippen LogP contribution in [0.5, 0.6) is 5.75 Å². The third-order valence-electron chi connectivity index (χ3n) is 4.35. The highest BCUT2D eigenvalue weighted by Crippen LogP contribution is 2.27. The third kappa shape index (κ3) is 5.23. The number of rotatable bonds is 8. The second kappa shape index (κ2) is 8.91. The zero-order valence-electron chi connectivity index (χ0n) is 16.5. The minimum Gasteiger partial charge on any atom is -0.496 e. The van der Waals surface area contributed by atoms with Crippen LogP contribution in [0.4, 0.5) is 11.4 Å². The van der Waals surface area contributed by atoms with E-state index in [1.54, 1.807) is 31.2 Å². The summed E-state index contributed by atoms with van der Waals surface area (Å²) in [6, 6.07) is 10.7. The van der Waals surface area contributed by atoms with Crippen LogP contribution in [0.2, 0.25) is 0 Å². The molecule has 0 unspecified atom stereocenters. The molecular formula is C19H23N3O6S. The molecule has 2 atom stereocenters. The molecule has 156 valence electrons. The van der Waals surface area contributed by atoms with Gasteiger partial charge in [0.15, 0.2) is 0 Å². The van der Waals surface area contributed by atoms with Gasteiger partial charge in [0.25, 0.3) is 5.69 Å². The van der Waals surface area contributed by atoms with E-state index in [0.29, 0.717) is 5.75 Å². The lowest BCUT2D eigenvalue weighted by Gasteiger charge is -2.29. The number of methoxy groups -OCH3 is 1. The number of sulfonamides is 1. The van der Waals surface area contributed by atoms with Gasteiger partial charge in [-0.3, -0.25) is 19.2 Å². The van der Waals surface area contributed by atoms with Crippen molar-refractivity contribution in [2.45, 2.75) is 25.9 Å². The lowest BCUT2D eigenvalue weighted by Crippen LogP contribution is -2.48. The molecule has 1 N–H and O–H groups in total. The first kappa shape index (κ1) is 22.2. The Hall–Kier alpha value is -3.14. The number of nitro benzene ring substituents is 1. The van der Waals surface area contributed by atoms with Crippen LogP contribution in [0.1, 0.15) is 25.5 Å². The summed E-state index contributed by atoms with van der Waals surface area (Å²) in [6.07, 6.45) is 0.944. The van der Waals surface area contributed by atoms with Gasteiger partial charge in [0.1, 0.15) is 11.8 Å². The maximum absolute atomic E-state index is 12.8. The maximum Gasteiger partial charge on any atom is 0.271 e. The van der Waals surface area contributed by atoms with Gasteiger partial charge in [0.05, 0.1) is 30.0 Å². The Labute approximate surface area is 169 Å². The molecule has 9 nitrogen and oxygen atoms in total. The molecule has 0 fully saturated rings. The quantitative estimate of drug-likeness (QED) is 0.517. The lowest BCUT2D eigenvalue weighted by molar-refractivity contribution is -0.384. The van der Waals surface area contributed by atoms with Crippen LogP contribution in [-0.4, -0.2) is 38.7 Å². The van der Waals surface area contributed by atoms with Gasteiger partial charge >= 0.3 is 0 Å². The molecular weight excluding hydrogens is 398 g/mol. The van der Waals surface area contributed by atoms with E-state index in [-0.39, 0.29) is 11.4 Å². The normalized spacial score (nSPS) is 13.2. The molecule has 2 rings (SSSR count). The number of anilines is 1. The van der Waals surface area contributed by atoms with Crippen LogP contribution in [0.15, 0.2) is 48.5 Å². The fourth-order valence-electron chi connectivity index (χ4n) is 2.99. The summed E-state index contributed by atoms with van der Waals surface area (Å²) in [5, 5.41) is 13.8. The van der Waals surface area contributed by atoms with Crippen molar-refractivity contribution in [3.63, 3.8) is 0 Å². The van der Waals surface area contributed by atoms with Gasteiger partial charge < -0.3 is 10.1 Å². The molecule has 2 aromatic rings. The van der Waals surface area contributed by atoms with Crippen LogP contribution in [0.25, 0.3) is 0 Å². The molecule has 1 amide bonds. The van der Waals surface area contributed by atoms with Crippen LogP contribution in [0, 0.1) is 10.1 Å². The van der Waals surface area contributed by atoms with Crippen LogP contribution in [-0.2, 0) is 14.8 Å². The molecule has 2 aromatic carbocycles. The summed E-state index contributed by atoms with van der Waals surface area (Å²) >= 11 is 0. The zero-order valence-corrected chi connectivity index (χ0v) is 17.3.